The van der Waals surface area contributed by atoms with Crippen molar-refractivity contribution >= 4 is 5.91 Å². The number of amides is 1. The minimum atomic E-state index is -0.188. The summed E-state index contributed by atoms with van der Waals surface area (Å²) in [5.74, 6) is 1.45. The van der Waals surface area contributed by atoms with Crippen LogP contribution in [0.3, 0.4) is 0 Å². The number of hydrogen-bond donors (Lipinski definition) is 1. The number of rotatable bonds is 6. The Kier molecular flexibility index (Phi) is 4.92. The fourth-order valence-corrected chi connectivity index (χ4v) is 3.26. The molecule has 1 atom stereocenters. The number of benzene rings is 2. The minimum absolute atomic E-state index is 0.156. The summed E-state index contributed by atoms with van der Waals surface area (Å²) in [4.78, 5) is 12.7. The molecule has 1 amide bonds. The number of carbonyl (C=O) groups is 1. The van der Waals surface area contributed by atoms with Crippen molar-refractivity contribution in [2.24, 2.45) is 0 Å². The third-order valence-corrected chi connectivity index (χ3v) is 4.54. The van der Waals surface area contributed by atoms with E-state index in [1.54, 1.807) is 18.2 Å². The standard InChI is InChI=1S/C20H21N5O3/c1-3-27-18-9-15-7-13(2)28-19(15)10-16(18)11-21-20(26)14-5-4-6-17(8-14)25-12-22-23-24-25/h4-6,8-10,12-13H,3,7,11H2,1-2H3,(H,21,26)/t13-/m0/s1. The number of ether oxygens (including phenoxy) is 2. The van der Waals surface area contributed by atoms with Crippen LogP contribution in [0.5, 0.6) is 11.5 Å². The van der Waals surface area contributed by atoms with Crippen LogP contribution in [-0.2, 0) is 13.0 Å². The molecule has 0 unspecified atom stereocenters. The fraction of sp³-hybridized carbons (Fsp3) is 0.300. The second-order valence-corrected chi connectivity index (χ2v) is 6.62. The summed E-state index contributed by atoms with van der Waals surface area (Å²) in [6, 6.07) is 11.1. The summed E-state index contributed by atoms with van der Waals surface area (Å²) in [6.45, 7) is 4.89. The van der Waals surface area contributed by atoms with Crippen molar-refractivity contribution in [1.29, 1.82) is 0 Å². The van der Waals surface area contributed by atoms with Crippen molar-refractivity contribution in [3.8, 4) is 17.2 Å². The molecule has 1 N–H and O–H groups in total. The molecule has 0 saturated carbocycles. The molecular weight excluding hydrogens is 358 g/mol. The lowest BCUT2D eigenvalue weighted by Gasteiger charge is -2.13. The smallest absolute Gasteiger partial charge is 0.251 e. The van der Waals surface area contributed by atoms with Crippen LogP contribution in [-0.4, -0.2) is 38.8 Å². The van der Waals surface area contributed by atoms with Gasteiger partial charge in [0.15, 0.2) is 0 Å². The van der Waals surface area contributed by atoms with Crippen molar-refractivity contribution in [3.63, 3.8) is 0 Å². The van der Waals surface area contributed by atoms with Crippen LogP contribution >= 0.6 is 0 Å². The van der Waals surface area contributed by atoms with Gasteiger partial charge in [0.05, 0.1) is 12.3 Å². The van der Waals surface area contributed by atoms with Gasteiger partial charge < -0.3 is 14.8 Å². The normalized spacial score (nSPS) is 15.0. The molecule has 1 aliphatic heterocycles. The largest absolute Gasteiger partial charge is 0.494 e. The van der Waals surface area contributed by atoms with Crippen LogP contribution in [0.25, 0.3) is 5.69 Å². The predicted molar refractivity (Wildman–Crippen MR) is 102 cm³/mol. The van der Waals surface area contributed by atoms with E-state index < -0.39 is 0 Å². The highest BCUT2D eigenvalue weighted by Gasteiger charge is 2.22. The zero-order valence-corrected chi connectivity index (χ0v) is 15.8. The summed E-state index contributed by atoms with van der Waals surface area (Å²) < 4.78 is 13.1. The second kappa shape index (κ2) is 7.67. The summed E-state index contributed by atoms with van der Waals surface area (Å²) in [5, 5.41) is 14.0. The zero-order valence-electron chi connectivity index (χ0n) is 15.8. The van der Waals surface area contributed by atoms with Crippen LogP contribution in [0.4, 0.5) is 0 Å². The molecule has 28 heavy (non-hydrogen) atoms. The first-order valence-corrected chi connectivity index (χ1v) is 9.21. The van der Waals surface area contributed by atoms with Crippen LogP contribution in [0.1, 0.15) is 35.3 Å². The summed E-state index contributed by atoms with van der Waals surface area (Å²) >= 11 is 0. The predicted octanol–water partition coefficient (Wildman–Crippen LogP) is 2.31. The Hall–Kier alpha value is -3.42. The van der Waals surface area contributed by atoms with Crippen molar-refractivity contribution < 1.29 is 14.3 Å². The lowest BCUT2D eigenvalue weighted by atomic mass is 10.1. The number of tetrazole rings is 1. The van der Waals surface area contributed by atoms with Crippen molar-refractivity contribution in [3.05, 3.63) is 59.4 Å². The molecule has 0 bridgehead atoms. The van der Waals surface area contributed by atoms with Gasteiger partial charge in [0.1, 0.15) is 23.9 Å². The van der Waals surface area contributed by atoms with Gasteiger partial charge in [-0.1, -0.05) is 6.07 Å². The van der Waals surface area contributed by atoms with Gasteiger partial charge >= 0.3 is 0 Å². The van der Waals surface area contributed by atoms with Gasteiger partial charge in [0.25, 0.3) is 5.91 Å². The molecule has 0 fully saturated rings. The lowest BCUT2D eigenvalue weighted by Crippen LogP contribution is -2.23. The Balaban J connectivity index is 1.51. The van der Waals surface area contributed by atoms with E-state index in [0.717, 1.165) is 29.0 Å². The van der Waals surface area contributed by atoms with E-state index >= 15 is 0 Å². The summed E-state index contributed by atoms with van der Waals surface area (Å²) in [7, 11) is 0. The van der Waals surface area contributed by atoms with Crippen molar-refractivity contribution in [2.75, 3.05) is 6.61 Å². The van der Waals surface area contributed by atoms with Gasteiger partial charge in [-0.3, -0.25) is 4.79 Å². The Bertz CT molecular complexity index is 988. The average Bonchev–Trinajstić information content (AvgIpc) is 3.35. The summed E-state index contributed by atoms with van der Waals surface area (Å²) in [5.41, 5.74) is 3.27. The van der Waals surface area contributed by atoms with Gasteiger partial charge in [0.2, 0.25) is 0 Å². The summed E-state index contributed by atoms with van der Waals surface area (Å²) in [6.07, 6.45) is 2.51. The Morgan fingerprint density at radius 2 is 2.25 bits per heavy atom. The number of carbonyl (C=O) groups excluding carboxylic acids is 1. The maximum absolute atomic E-state index is 12.7. The van der Waals surface area contributed by atoms with Gasteiger partial charge in [-0.15, -0.1) is 5.10 Å². The maximum Gasteiger partial charge on any atom is 0.251 e. The number of nitrogens with zero attached hydrogens (tertiary/aromatic N) is 4. The third-order valence-electron chi connectivity index (χ3n) is 4.54. The molecule has 0 spiro atoms. The number of nitrogens with one attached hydrogen (secondary N) is 1. The quantitative estimate of drug-likeness (QED) is 0.707. The first kappa shape index (κ1) is 18.0. The van der Waals surface area contributed by atoms with Gasteiger partial charge in [-0.2, -0.15) is 0 Å². The van der Waals surface area contributed by atoms with Crippen molar-refractivity contribution in [2.45, 2.75) is 32.9 Å². The molecule has 0 saturated heterocycles. The topological polar surface area (TPSA) is 91.2 Å². The molecular formula is C20H21N5O3. The highest BCUT2D eigenvalue weighted by atomic mass is 16.5. The lowest BCUT2D eigenvalue weighted by molar-refractivity contribution is 0.0950. The van der Waals surface area contributed by atoms with E-state index in [2.05, 4.69) is 20.8 Å². The van der Waals surface area contributed by atoms with Crippen LogP contribution in [0.15, 0.2) is 42.7 Å². The number of hydrogen-bond acceptors (Lipinski definition) is 6. The Morgan fingerprint density at radius 3 is 3.04 bits per heavy atom. The highest BCUT2D eigenvalue weighted by Crippen LogP contribution is 2.35. The molecule has 2 heterocycles. The number of fused-ring (bicyclic) bond motifs is 1. The second-order valence-electron chi connectivity index (χ2n) is 6.62. The molecule has 3 aromatic rings. The molecule has 2 aromatic carbocycles. The molecule has 8 heteroatoms. The molecule has 144 valence electrons. The minimum Gasteiger partial charge on any atom is -0.494 e. The first-order valence-electron chi connectivity index (χ1n) is 9.21. The maximum atomic E-state index is 12.7. The van der Waals surface area contributed by atoms with E-state index in [1.165, 1.54) is 11.0 Å². The van der Waals surface area contributed by atoms with Crippen LogP contribution in [0, 0.1) is 0 Å². The van der Waals surface area contributed by atoms with Gasteiger partial charge in [-0.25, -0.2) is 4.68 Å². The fourth-order valence-electron chi connectivity index (χ4n) is 3.26. The van der Waals surface area contributed by atoms with E-state index in [0.29, 0.717) is 24.4 Å². The Morgan fingerprint density at radius 1 is 1.36 bits per heavy atom. The van der Waals surface area contributed by atoms with E-state index in [1.807, 2.05) is 32.0 Å². The van der Waals surface area contributed by atoms with Crippen molar-refractivity contribution in [1.82, 2.24) is 25.5 Å². The van der Waals surface area contributed by atoms with Gasteiger partial charge in [0, 0.05) is 29.7 Å². The Labute approximate surface area is 162 Å². The average molecular weight is 379 g/mol. The van der Waals surface area contributed by atoms with E-state index in [4.69, 9.17) is 9.47 Å². The number of aromatic nitrogens is 4. The monoisotopic (exact) mass is 379 g/mol. The van der Waals surface area contributed by atoms with Crippen LogP contribution in [0.2, 0.25) is 0 Å². The molecule has 0 aliphatic carbocycles. The van der Waals surface area contributed by atoms with Crippen LogP contribution < -0.4 is 14.8 Å². The van der Waals surface area contributed by atoms with Gasteiger partial charge in [-0.05, 0) is 54.6 Å². The molecule has 4 rings (SSSR count). The molecule has 0 radical (unpaired) electrons. The molecule has 8 nitrogen and oxygen atoms in total. The third kappa shape index (κ3) is 3.66. The zero-order chi connectivity index (χ0) is 19.5. The SMILES string of the molecule is CCOc1cc2c(cc1CNC(=O)c1cccc(-n3cnnn3)c1)O[C@@H](C)C2. The first-order chi connectivity index (χ1) is 13.6. The highest BCUT2D eigenvalue weighted by molar-refractivity contribution is 5.94. The van der Waals surface area contributed by atoms with E-state index in [9.17, 15) is 4.79 Å². The molecule has 1 aromatic heterocycles. The van der Waals surface area contributed by atoms with E-state index in [-0.39, 0.29) is 12.0 Å². The molecule has 1 aliphatic rings.